The van der Waals surface area contributed by atoms with Gasteiger partial charge in [-0.2, -0.15) is 0 Å². The molecule has 0 fully saturated rings. The highest BCUT2D eigenvalue weighted by atomic mass is 35.5. The van der Waals surface area contributed by atoms with Gasteiger partial charge in [0.1, 0.15) is 0 Å². The number of carbonyl (C=O) groups excluding carboxylic acids is 1. The standard InChI is InChI=1S/C13H17ClN2O4/c1-3-9(7-20-2)15-13(19)16-11-6-8(12(17)18)4-5-10(11)14/h4-6,9H,3,7H2,1-2H3,(H,17,18)(H2,15,16,19). The van der Waals surface area contributed by atoms with Crippen molar-refractivity contribution in [2.75, 3.05) is 19.0 Å². The first-order valence-electron chi connectivity index (χ1n) is 6.07. The first kappa shape index (κ1) is 16.3. The van der Waals surface area contributed by atoms with E-state index in [1.165, 1.54) is 18.2 Å². The Balaban J connectivity index is 2.74. The van der Waals surface area contributed by atoms with Gasteiger partial charge >= 0.3 is 12.0 Å². The molecule has 0 aromatic heterocycles. The van der Waals surface area contributed by atoms with Gasteiger partial charge in [0.25, 0.3) is 0 Å². The summed E-state index contributed by atoms with van der Waals surface area (Å²) in [6.45, 7) is 2.31. The molecule has 0 bridgehead atoms. The summed E-state index contributed by atoms with van der Waals surface area (Å²) in [6, 6.07) is 3.52. The summed E-state index contributed by atoms with van der Waals surface area (Å²) in [6.07, 6.45) is 0.712. The minimum absolute atomic E-state index is 0.0497. The van der Waals surface area contributed by atoms with Crippen molar-refractivity contribution < 1.29 is 19.4 Å². The van der Waals surface area contributed by atoms with Crippen LogP contribution < -0.4 is 10.6 Å². The molecule has 2 amide bonds. The average molecular weight is 301 g/mol. The highest BCUT2D eigenvalue weighted by molar-refractivity contribution is 6.33. The number of methoxy groups -OCH3 is 1. The van der Waals surface area contributed by atoms with Crippen LogP contribution in [0.1, 0.15) is 23.7 Å². The van der Waals surface area contributed by atoms with E-state index >= 15 is 0 Å². The zero-order valence-electron chi connectivity index (χ0n) is 11.3. The maximum atomic E-state index is 11.8. The van der Waals surface area contributed by atoms with Crippen molar-refractivity contribution in [3.8, 4) is 0 Å². The fraction of sp³-hybridized carbons (Fsp3) is 0.385. The van der Waals surface area contributed by atoms with Crippen LogP contribution >= 0.6 is 11.6 Å². The molecular weight excluding hydrogens is 284 g/mol. The second kappa shape index (κ2) is 7.72. The number of amides is 2. The molecule has 0 spiro atoms. The quantitative estimate of drug-likeness (QED) is 0.753. The van der Waals surface area contributed by atoms with Crippen LogP contribution in [-0.2, 0) is 4.74 Å². The third-order valence-electron chi connectivity index (χ3n) is 2.66. The monoisotopic (exact) mass is 300 g/mol. The molecule has 7 heteroatoms. The van der Waals surface area contributed by atoms with E-state index in [0.717, 1.165) is 0 Å². The Morgan fingerprint density at radius 2 is 2.15 bits per heavy atom. The topological polar surface area (TPSA) is 87.7 Å². The Morgan fingerprint density at radius 3 is 2.70 bits per heavy atom. The lowest BCUT2D eigenvalue weighted by atomic mass is 10.2. The number of hydrogen-bond donors (Lipinski definition) is 3. The molecule has 1 aromatic carbocycles. The predicted octanol–water partition coefficient (Wildman–Crippen LogP) is 2.58. The third-order valence-corrected chi connectivity index (χ3v) is 2.99. The summed E-state index contributed by atoms with van der Waals surface area (Å²) in [5.74, 6) is -1.09. The summed E-state index contributed by atoms with van der Waals surface area (Å²) in [5.41, 5.74) is 0.296. The van der Waals surface area contributed by atoms with Gasteiger partial charge in [0.2, 0.25) is 0 Å². The third kappa shape index (κ3) is 4.71. The van der Waals surface area contributed by atoms with Crippen molar-refractivity contribution in [3.63, 3.8) is 0 Å². The number of benzene rings is 1. The number of carbonyl (C=O) groups is 2. The molecule has 1 aromatic rings. The van der Waals surface area contributed by atoms with Crippen LogP contribution in [0.5, 0.6) is 0 Å². The maximum absolute atomic E-state index is 11.8. The number of carboxylic acids is 1. The molecular formula is C13H17ClN2O4. The fourth-order valence-electron chi connectivity index (χ4n) is 1.56. The normalized spacial score (nSPS) is 11.8. The minimum Gasteiger partial charge on any atom is -0.478 e. The number of halogens is 1. The van der Waals surface area contributed by atoms with Gasteiger partial charge in [0.05, 0.1) is 28.9 Å². The summed E-state index contributed by atoms with van der Waals surface area (Å²) in [4.78, 5) is 22.7. The first-order chi connectivity index (χ1) is 9.47. The number of nitrogens with one attached hydrogen (secondary N) is 2. The minimum atomic E-state index is -1.09. The van der Waals surface area contributed by atoms with Gasteiger partial charge in [-0.25, -0.2) is 9.59 Å². The highest BCUT2D eigenvalue weighted by Crippen LogP contribution is 2.23. The highest BCUT2D eigenvalue weighted by Gasteiger charge is 2.13. The Kier molecular flexibility index (Phi) is 6.27. The number of hydrogen-bond acceptors (Lipinski definition) is 3. The van der Waals surface area contributed by atoms with Gasteiger partial charge in [0, 0.05) is 7.11 Å². The molecule has 0 saturated heterocycles. The van der Waals surface area contributed by atoms with Crippen LogP contribution in [0.2, 0.25) is 5.02 Å². The van der Waals surface area contributed by atoms with Crippen LogP contribution in [0.3, 0.4) is 0 Å². The lowest BCUT2D eigenvalue weighted by Gasteiger charge is -2.17. The molecule has 1 unspecified atom stereocenters. The molecule has 0 aliphatic heterocycles. The Bertz CT molecular complexity index is 493. The van der Waals surface area contributed by atoms with E-state index in [4.69, 9.17) is 21.4 Å². The van der Waals surface area contributed by atoms with Crippen LogP contribution in [0, 0.1) is 0 Å². The number of rotatable bonds is 6. The molecule has 110 valence electrons. The predicted molar refractivity (Wildman–Crippen MR) is 76.5 cm³/mol. The van der Waals surface area contributed by atoms with E-state index in [0.29, 0.717) is 13.0 Å². The number of carboxylic acid groups (broad SMARTS) is 1. The van der Waals surface area contributed by atoms with Crippen molar-refractivity contribution in [1.29, 1.82) is 0 Å². The Morgan fingerprint density at radius 1 is 1.45 bits per heavy atom. The summed E-state index contributed by atoms with van der Waals surface area (Å²) < 4.78 is 4.97. The van der Waals surface area contributed by atoms with Crippen molar-refractivity contribution in [3.05, 3.63) is 28.8 Å². The molecule has 1 atom stereocenters. The van der Waals surface area contributed by atoms with Crippen molar-refractivity contribution >= 4 is 29.3 Å². The van der Waals surface area contributed by atoms with E-state index in [-0.39, 0.29) is 22.3 Å². The van der Waals surface area contributed by atoms with E-state index in [1.54, 1.807) is 7.11 Å². The van der Waals surface area contributed by atoms with E-state index < -0.39 is 12.0 Å². The number of aromatic carboxylic acids is 1. The molecule has 6 nitrogen and oxygen atoms in total. The number of urea groups is 1. The van der Waals surface area contributed by atoms with Crippen LogP contribution in [0.15, 0.2) is 18.2 Å². The van der Waals surface area contributed by atoms with Gasteiger partial charge in [-0.1, -0.05) is 18.5 Å². The molecule has 0 saturated carbocycles. The van der Waals surface area contributed by atoms with Gasteiger partial charge in [-0.15, -0.1) is 0 Å². The Hall–Kier alpha value is -1.79. The second-order valence-electron chi connectivity index (χ2n) is 4.16. The zero-order chi connectivity index (χ0) is 15.1. The van der Waals surface area contributed by atoms with Crippen molar-refractivity contribution in [1.82, 2.24) is 5.32 Å². The lowest BCUT2D eigenvalue weighted by Crippen LogP contribution is -2.40. The summed E-state index contributed by atoms with van der Waals surface area (Å²) in [7, 11) is 1.55. The Labute approximate surface area is 122 Å². The molecule has 3 N–H and O–H groups in total. The van der Waals surface area contributed by atoms with Crippen molar-refractivity contribution in [2.24, 2.45) is 0 Å². The van der Waals surface area contributed by atoms with Gasteiger partial charge in [-0.05, 0) is 24.6 Å². The molecule has 0 radical (unpaired) electrons. The summed E-state index contributed by atoms with van der Waals surface area (Å²) in [5, 5.41) is 14.4. The van der Waals surface area contributed by atoms with Crippen LogP contribution in [0.4, 0.5) is 10.5 Å². The van der Waals surface area contributed by atoms with Gasteiger partial charge in [0.15, 0.2) is 0 Å². The van der Waals surface area contributed by atoms with Crippen molar-refractivity contribution in [2.45, 2.75) is 19.4 Å². The number of ether oxygens (including phenoxy) is 1. The largest absolute Gasteiger partial charge is 0.478 e. The maximum Gasteiger partial charge on any atom is 0.335 e. The molecule has 0 aliphatic carbocycles. The van der Waals surface area contributed by atoms with E-state index in [1.807, 2.05) is 6.92 Å². The molecule has 0 heterocycles. The van der Waals surface area contributed by atoms with Gasteiger partial charge in [-0.3, -0.25) is 0 Å². The lowest BCUT2D eigenvalue weighted by molar-refractivity contribution is 0.0697. The summed E-state index contributed by atoms with van der Waals surface area (Å²) >= 11 is 5.92. The van der Waals surface area contributed by atoms with Crippen LogP contribution in [0.25, 0.3) is 0 Å². The average Bonchev–Trinajstić information content (AvgIpc) is 2.40. The van der Waals surface area contributed by atoms with Crippen LogP contribution in [-0.4, -0.2) is 36.9 Å². The fourth-order valence-corrected chi connectivity index (χ4v) is 1.73. The van der Waals surface area contributed by atoms with E-state index in [9.17, 15) is 9.59 Å². The molecule has 20 heavy (non-hydrogen) atoms. The smallest absolute Gasteiger partial charge is 0.335 e. The second-order valence-corrected chi connectivity index (χ2v) is 4.57. The SMILES string of the molecule is CCC(COC)NC(=O)Nc1cc(C(=O)O)ccc1Cl. The van der Waals surface area contributed by atoms with Gasteiger partial charge < -0.3 is 20.5 Å². The first-order valence-corrected chi connectivity index (χ1v) is 6.45. The number of anilines is 1. The zero-order valence-corrected chi connectivity index (χ0v) is 12.0. The van der Waals surface area contributed by atoms with E-state index in [2.05, 4.69) is 10.6 Å². The molecule has 0 aliphatic rings. The molecule has 1 rings (SSSR count).